The third-order valence-corrected chi connectivity index (χ3v) is 6.46. The number of aliphatic carboxylic acids is 2. The molecule has 27 heavy (non-hydrogen) atoms. The summed E-state index contributed by atoms with van der Waals surface area (Å²) >= 11 is 7.19. The zero-order chi connectivity index (χ0) is 19.9. The van der Waals surface area contributed by atoms with Gasteiger partial charge in [0, 0.05) is 11.4 Å². The molecule has 2 saturated heterocycles. The van der Waals surface area contributed by atoms with E-state index in [1.54, 1.807) is 0 Å². The van der Waals surface area contributed by atoms with Crippen LogP contribution < -0.4 is 4.90 Å². The second-order valence-electron chi connectivity index (χ2n) is 6.23. The van der Waals surface area contributed by atoms with E-state index < -0.39 is 46.5 Å². The van der Waals surface area contributed by atoms with Gasteiger partial charge < -0.3 is 20.2 Å². The van der Waals surface area contributed by atoms with Gasteiger partial charge in [0.25, 0.3) is 0 Å². The van der Waals surface area contributed by atoms with Crippen LogP contribution in [0.25, 0.3) is 0 Å². The Morgan fingerprint density at radius 3 is 2.44 bits per heavy atom. The molecule has 0 aliphatic carbocycles. The molecule has 3 atom stereocenters. The van der Waals surface area contributed by atoms with Crippen LogP contribution in [0.4, 0.5) is 5.69 Å². The van der Waals surface area contributed by atoms with Crippen molar-refractivity contribution in [3.05, 3.63) is 24.3 Å². The van der Waals surface area contributed by atoms with Crippen molar-refractivity contribution in [2.45, 2.75) is 22.7 Å². The van der Waals surface area contributed by atoms with E-state index in [0.29, 0.717) is 0 Å². The number of rotatable bonds is 5. The second-order valence-corrected chi connectivity index (χ2v) is 8.06. The molecular weight excluding hydrogens is 400 g/mol. The molecule has 0 bridgehead atoms. The number of carboxylic acid groups (broad SMARTS) is 2. The number of amides is 2. The molecule has 2 unspecified atom stereocenters. The van der Waals surface area contributed by atoms with Crippen LogP contribution in [0.3, 0.4) is 0 Å². The average molecular weight is 415 g/mol. The zero-order valence-corrected chi connectivity index (χ0v) is 15.3. The normalized spacial score (nSPS) is 26.7. The van der Waals surface area contributed by atoms with Crippen molar-refractivity contribution < 1.29 is 34.5 Å². The number of fused-ring (bicyclic) bond motifs is 1. The molecule has 144 valence electrons. The number of phenols is 1. The third-order valence-electron chi connectivity index (χ3n) is 4.38. The van der Waals surface area contributed by atoms with Crippen molar-refractivity contribution in [2.75, 3.05) is 17.2 Å². The summed E-state index contributed by atoms with van der Waals surface area (Å²) in [6, 6.07) is 4.48. The first-order valence-corrected chi connectivity index (χ1v) is 9.24. The van der Waals surface area contributed by atoms with Gasteiger partial charge in [0.2, 0.25) is 11.8 Å². The molecule has 2 fully saturated rings. The highest BCUT2D eigenvalue weighted by Gasteiger charge is 2.59. The number of halogens is 1. The molecule has 3 rings (SSSR count). The summed E-state index contributed by atoms with van der Waals surface area (Å²) in [7, 11) is 0. The molecule has 0 spiro atoms. The Morgan fingerprint density at radius 2 is 1.89 bits per heavy atom. The van der Waals surface area contributed by atoms with Crippen LogP contribution in [0.2, 0.25) is 0 Å². The largest absolute Gasteiger partial charge is 0.508 e. The lowest BCUT2D eigenvalue weighted by atomic mass is 9.99. The minimum Gasteiger partial charge on any atom is -0.508 e. The highest BCUT2D eigenvalue weighted by atomic mass is 35.5. The van der Waals surface area contributed by atoms with Gasteiger partial charge in [-0.3, -0.25) is 24.1 Å². The number of phenolic OH excluding ortho intramolecular Hbond substituents is 1. The van der Waals surface area contributed by atoms with Crippen molar-refractivity contribution in [1.82, 2.24) is 4.90 Å². The number of hydrogen-bond donors (Lipinski definition) is 3. The summed E-state index contributed by atoms with van der Waals surface area (Å²) in [6.07, 6.45) is -0.809. The third kappa shape index (κ3) is 3.42. The number of hydrogen-bond acceptors (Lipinski definition) is 6. The summed E-state index contributed by atoms with van der Waals surface area (Å²) in [5, 5.41) is 27.1. The van der Waals surface area contributed by atoms with Gasteiger partial charge in [-0.2, -0.15) is 0 Å². The topological polar surface area (TPSA) is 135 Å². The van der Waals surface area contributed by atoms with Gasteiger partial charge in [0.05, 0.1) is 6.54 Å². The maximum absolute atomic E-state index is 12.6. The Kier molecular flexibility index (Phi) is 4.96. The van der Waals surface area contributed by atoms with Crippen molar-refractivity contribution in [3.63, 3.8) is 0 Å². The molecule has 1 aromatic carbocycles. The van der Waals surface area contributed by atoms with Crippen LogP contribution >= 0.6 is 23.4 Å². The van der Waals surface area contributed by atoms with Crippen LogP contribution in [0.1, 0.15) is 6.42 Å². The SMILES string of the molecule is O=C(O)CC(=O)N(c1ccc(O)cc1)C1C(=O)N2CC(Cl)(C(=O)O)CS[C@H]12. The number of benzene rings is 1. The Labute approximate surface area is 162 Å². The number of carboxylic acids is 2. The molecule has 2 amide bonds. The predicted molar refractivity (Wildman–Crippen MR) is 95.8 cm³/mol. The van der Waals surface area contributed by atoms with E-state index in [9.17, 15) is 29.4 Å². The molecule has 3 N–H and O–H groups in total. The Balaban J connectivity index is 1.89. The van der Waals surface area contributed by atoms with Crippen LogP contribution in [0.5, 0.6) is 5.75 Å². The molecule has 0 aromatic heterocycles. The minimum absolute atomic E-state index is 0.0331. The quantitative estimate of drug-likeness (QED) is 0.361. The lowest BCUT2D eigenvalue weighted by molar-refractivity contribution is -0.151. The highest BCUT2D eigenvalue weighted by molar-refractivity contribution is 8.00. The van der Waals surface area contributed by atoms with Gasteiger partial charge in [-0.25, -0.2) is 0 Å². The smallest absolute Gasteiger partial charge is 0.327 e. The number of carbonyl (C=O) groups excluding carboxylic acids is 2. The number of nitrogens with zero attached hydrogens (tertiary/aromatic N) is 2. The standard InChI is InChI=1S/C16H15ClN2O7S/c17-16(15(25)26)6-18-13(24)12(14(18)27-7-16)19(10(21)5-11(22)23)8-1-3-9(20)4-2-8/h1-4,12,14,20H,5-7H2,(H,22,23)(H,25,26)/t12?,14-,16?/m1/s1. The van der Waals surface area contributed by atoms with Crippen LogP contribution in [0.15, 0.2) is 24.3 Å². The van der Waals surface area contributed by atoms with Gasteiger partial charge >= 0.3 is 11.9 Å². The summed E-state index contributed by atoms with van der Waals surface area (Å²) in [5.74, 6) is -3.88. The average Bonchev–Trinajstić information content (AvgIpc) is 2.60. The lowest BCUT2D eigenvalue weighted by Crippen LogP contribution is -2.75. The molecule has 2 aliphatic rings. The Morgan fingerprint density at radius 1 is 1.26 bits per heavy atom. The molecular formula is C16H15ClN2O7S. The monoisotopic (exact) mass is 414 g/mol. The lowest BCUT2D eigenvalue weighted by Gasteiger charge is -2.55. The maximum Gasteiger partial charge on any atom is 0.327 e. The van der Waals surface area contributed by atoms with Gasteiger partial charge in [-0.05, 0) is 24.3 Å². The van der Waals surface area contributed by atoms with Gasteiger partial charge in [0.15, 0.2) is 4.87 Å². The first-order valence-electron chi connectivity index (χ1n) is 7.81. The second kappa shape index (κ2) is 6.93. The van der Waals surface area contributed by atoms with Crippen LogP contribution in [0, 0.1) is 0 Å². The van der Waals surface area contributed by atoms with E-state index in [-0.39, 0.29) is 23.7 Å². The van der Waals surface area contributed by atoms with Crippen molar-refractivity contribution in [3.8, 4) is 5.75 Å². The summed E-state index contributed by atoms with van der Waals surface area (Å²) in [4.78, 5) is 48.2. The minimum atomic E-state index is -1.60. The van der Waals surface area contributed by atoms with E-state index in [0.717, 1.165) is 16.7 Å². The first kappa shape index (κ1) is 19.3. The van der Waals surface area contributed by atoms with E-state index in [1.807, 2.05) is 0 Å². The number of aromatic hydroxyl groups is 1. The number of alkyl halides is 1. The van der Waals surface area contributed by atoms with E-state index in [4.69, 9.17) is 16.7 Å². The number of thioether (sulfide) groups is 1. The molecule has 11 heteroatoms. The fourth-order valence-corrected chi connectivity index (χ4v) is 4.79. The first-order chi connectivity index (χ1) is 12.6. The number of carbonyl (C=O) groups is 4. The summed E-state index contributed by atoms with van der Waals surface area (Å²) < 4.78 is 0. The van der Waals surface area contributed by atoms with Crippen LogP contribution in [-0.2, 0) is 19.2 Å². The van der Waals surface area contributed by atoms with Gasteiger partial charge in [0.1, 0.15) is 23.6 Å². The van der Waals surface area contributed by atoms with E-state index in [1.165, 1.54) is 29.2 Å². The Hall–Kier alpha value is -2.46. The van der Waals surface area contributed by atoms with Crippen molar-refractivity contribution in [2.24, 2.45) is 0 Å². The number of β-lactam (4-membered cyclic amide) rings is 1. The van der Waals surface area contributed by atoms with E-state index >= 15 is 0 Å². The number of anilines is 1. The summed E-state index contributed by atoms with van der Waals surface area (Å²) in [6.45, 7) is -0.201. The fourth-order valence-electron chi connectivity index (χ4n) is 3.04. The molecule has 0 saturated carbocycles. The fraction of sp³-hybridized carbons (Fsp3) is 0.375. The van der Waals surface area contributed by atoms with Gasteiger partial charge in [-0.15, -0.1) is 23.4 Å². The van der Waals surface area contributed by atoms with Crippen molar-refractivity contribution >= 4 is 52.8 Å². The van der Waals surface area contributed by atoms with Crippen LogP contribution in [-0.4, -0.2) is 72.6 Å². The molecule has 2 heterocycles. The van der Waals surface area contributed by atoms with Gasteiger partial charge in [-0.1, -0.05) is 0 Å². The Bertz CT molecular complexity index is 817. The van der Waals surface area contributed by atoms with E-state index in [2.05, 4.69) is 0 Å². The van der Waals surface area contributed by atoms with Crippen molar-refractivity contribution in [1.29, 1.82) is 0 Å². The molecule has 1 aromatic rings. The zero-order valence-electron chi connectivity index (χ0n) is 13.7. The predicted octanol–water partition coefficient (Wildman–Crippen LogP) is 0.546. The highest BCUT2D eigenvalue weighted by Crippen LogP contribution is 2.44. The maximum atomic E-state index is 12.6. The molecule has 2 aliphatic heterocycles. The summed E-state index contributed by atoms with van der Waals surface area (Å²) in [5.41, 5.74) is 0.263. The molecule has 9 nitrogen and oxygen atoms in total. The molecule has 0 radical (unpaired) electrons.